The zero-order valence-corrected chi connectivity index (χ0v) is 34.3. The van der Waals surface area contributed by atoms with Crippen molar-refractivity contribution in [3.05, 3.63) is 144 Å². The molecule has 10 rings (SSSR count). The summed E-state index contributed by atoms with van der Waals surface area (Å²) in [6.07, 6.45) is 3.88. The fourth-order valence-electron chi connectivity index (χ4n) is 8.16. The minimum absolute atomic E-state index is 0. The zero-order chi connectivity index (χ0) is 37.6. The number of rotatable bonds is 4. The number of aromatic nitrogens is 4. The van der Waals surface area contributed by atoms with Gasteiger partial charge in [-0.2, -0.15) is 0 Å². The van der Waals surface area contributed by atoms with Crippen LogP contribution in [0.3, 0.4) is 0 Å². The van der Waals surface area contributed by atoms with Gasteiger partial charge in [0, 0.05) is 22.2 Å². The van der Waals surface area contributed by atoms with Gasteiger partial charge >= 0.3 is 21.1 Å². The molecule has 56 heavy (non-hydrogen) atoms. The van der Waals surface area contributed by atoms with E-state index in [1.807, 2.05) is 24.3 Å². The van der Waals surface area contributed by atoms with Crippen LogP contribution in [0.15, 0.2) is 119 Å². The molecule has 4 heterocycles. The predicted molar refractivity (Wildman–Crippen MR) is 222 cm³/mol. The van der Waals surface area contributed by atoms with Crippen molar-refractivity contribution in [2.75, 3.05) is 0 Å². The number of nitrogens with zero attached hydrogens (tertiary/aromatic N) is 4. The molecule has 276 valence electrons. The van der Waals surface area contributed by atoms with Gasteiger partial charge < -0.3 is 8.83 Å². The molecule has 0 radical (unpaired) electrons. The molecule has 6 nitrogen and oxygen atoms in total. The molecule has 0 bridgehead atoms. The Bertz CT molecular complexity index is 2950. The second-order valence-corrected chi connectivity index (χ2v) is 16.5. The summed E-state index contributed by atoms with van der Waals surface area (Å²) >= 11 is 0. The minimum atomic E-state index is -0.0991. The fourth-order valence-corrected chi connectivity index (χ4v) is 8.16. The summed E-state index contributed by atoms with van der Waals surface area (Å²) in [7, 11) is 0. The van der Waals surface area contributed by atoms with Gasteiger partial charge in [0.1, 0.15) is 23.8 Å². The largest absolute Gasteiger partial charge is 2.00 e. The average molecular weight is 910 g/mol. The Kier molecular flexibility index (Phi) is 8.48. The summed E-state index contributed by atoms with van der Waals surface area (Å²) in [6, 6.07) is 41.1. The normalized spacial score (nSPS) is 12.4. The minimum Gasteiger partial charge on any atom is -0.501 e. The summed E-state index contributed by atoms with van der Waals surface area (Å²) in [5.41, 5.74) is 12.4. The molecule has 0 saturated carbocycles. The van der Waals surface area contributed by atoms with Crippen LogP contribution >= 0.6 is 0 Å². The maximum atomic E-state index is 6.61. The van der Waals surface area contributed by atoms with E-state index in [0.29, 0.717) is 6.42 Å². The molecule has 0 fully saturated rings. The molecule has 0 atom stereocenters. The van der Waals surface area contributed by atoms with Crippen LogP contribution in [0.5, 0.6) is 0 Å². The van der Waals surface area contributed by atoms with Gasteiger partial charge in [0.25, 0.3) is 0 Å². The van der Waals surface area contributed by atoms with Crippen molar-refractivity contribution in [1.29, 1.82) is 0 Å². The van der Waals surface area contributed by atoms with Crippen LogP contribution in [-0.4, -0.2) is 19.9 Å². The van der Waals surface area contributed by atoms with Crippen molar-refractivity contribution < 1.29 is 29.9 Å². The van der Waals surface area contributed by atoms with E-state index < -0.39 is 0 Å². The first kappa shape index (κ1) is 36.0. The molecule has 0 amide bonds. The molecule has 0 N–H and O–H groups in total. The van der Waals surface area contributed by atoms with Crippen molar-refractivity contribution >= 4 is 65.7 Å². The molecule has 6 aromatic carbocycles. The van der Waals surface area contributed by atoms with Gasteiger partial charge in [-0.3, -0.25) is 9.97 Å². The van der Waals surface area contributed by atoms with Crippen molar-refractivity contribution in [3.63, 3.8) is 0 Å². The quantitative estimate of drug-likeness (QED) is 0.164. The molecule has 0 unspecified atom stereocenters. The van der Waals surface area contributed by atoms with Crippen molar-refractivity contribution in [1.82, 2.24) is 19.9 Å². The summed E-state index contributed by atoms with van der Waals surface area (Å²) in [5.74, 6) is 0. The zero-order valence-electron chi connectivity index (χ0n) is 32.0. The van der Waals surface area contributed by atoms with Gasteiger partial charge in [0.05, 0.1) is 22.2 Å². The number of para-hydroxylation sites is 4. The monoisotopic (exact) mass is 909 g/mol. The molecule has 0 aliphatic rings. The van der Waals surface area contributed by atoms with Gasteiger partial charge in [-0.25, -0.2) is 9.97 Å². The Morgan fingerprint density at radius 3 is 1.32 bits per heavy atom. The van der Waals surface area contributed by atoms with Crippen LogP contribution < -0.4 is 0 Å². The van der Waals surface area contributed by atoms with Crippen LogP contribution in [0.2, 0.25) is 0 Å². The molecule has 0 spiro atoms. The van der Waals surface area contributed by atoms with Gasteiger partial charge in [0.15, 0.2) is 0 Å². The molecular weight excluding hydrogens is 872 g/mol. The summed E-state index contributed by atoms with van der Waals surface area (Å²) in [5, 5.41) is 6.07. The number of hydrogen-bond acceptors (Lipinski definition) is 6. The second-order valence-electron chi connectivity index (χ2n) is 16.5. The van der Waals surface area contributed by atoms with Crippen molar-refractivity contribution in [2.45, 2.75) is 58.8 Å². The molecule has 0 saturated heterocycles. The number of fused-ring (bicyclic) bond motifs is 8. The van der Waals surface area contributed by atoms with Crippen molar-refractivity contribution in [3.8, 4) is 22.5 Å². The SMILES string of the molecule is CC(C)(C)c1cccc2c(-c3[c-]c(Cc4[c-]c(-c5ncnc6c(C(C)(C)C)cccc56)c5oc6ccccc6c5c4)cc4c3oc3ccccc34)ncnc12.[Pt+2]. The van der Waals surface area contributed by atoms with Gasteiger partial charge in [0.2, 0.25) is 0 Å². The van der Waals surface area contributed by atoms with Crippen LogP contribution in [0.25, 0.3) is 88.2 Å². The Morgan fingerprint density at radius 1 is 0.482 bits per heavy atom. The Morgan fingerprint density at radius 2 is 0.893 bits per heavy atom. The van der Waals surface area contributed by atoms with Crippen molar-refractivity contribution in [2.24, 2.45) is 0 Å². The van der Waals surface area contributed by atoms with E-state index in [1.165, 1.54) is 11.1 Å². The maximum Gasteiger partial charge on any atom is 2.00 e. The first-order chi connectivity index (χ1) is 26.5. The Balaban J connectivity index is 0.00000410. The summed E-state index contributed by atoms with van der Waals surface area (Å²) < 4.78 is 13.2. The van der Waals surface area contributed by atoms with Gasteiger partial charge in [-0.15, -0.1) is 35.4 Å². The molecule has 10 aromatic rings. The summed E-state index contributed by atoms with van der Waals surface area (Å²) in [6.45, 7) is 13.3. The first-order valence-electron chi connectivity index (χ1n) is 18.7. The molecule has 7 heteroatoms. The van der Waals surface area contributed by atoms with E-state index >= 15 is 0 Å². The number of benzene rings is 6. The smallest absolute Gasteiger partial charge is 0.501 e. The van der Waals surface area contributed by atoms with E-state index in [4.69, 9.17) is 28.8 Å². The van der Waals surface area contributed by atoms with Crippen LogP contribution in [-0.2, 0) is 38.3 Å². The van der Waals surface area contributed by atoms with E-state index in [9.17, 15) is 0 Å². The second kappa shape index (κ2) is 13.2. The van der Waals surface area contributed by atoms with E-state index in [0.717, 1.165) is 99.3 Å². The maximum absolute atomic E-state index is 6.61. The van der Waals surface area contributed by atoms with Crippen LogP contribution in [0.1, 0.15) is 63.8 Å². The average Bonchev–Trinajstić information content (AvgIpc) is 3.74. The molecule has 0 aliphatic heterocycles. The third-order valence-corrected chi connectivity index (χ3v) is 10.7. The fraction of sp³-hybridized carbons (Fsp3) is 0.184. The predicted octanol–water partition coefficient (Wildman–Crippen LogP) is 12.5. The third-order valence-electron chi connectivity index (χ3n) is 10.7. The Labute approximate surface area is 339 Å². The van der Waals surface area contributed by atoms with Gasteiger partial charge in [-0.1, -0.05) is 136 Å². The summed E-state index contributed by atoms with van der Waals surface area (Å²) in [4.78, 5) is 19.4. The molecular formula is C49H38N4O2Pt. The standard InChI is InChI=1S/C49H38N4O2.Pt/c1-48(2,3)38-17-11-15-32-42(50-26-52-44(32)38)36-24-28(22-34-30-13-7-9-19-40(30)54-46(34)36)21-29-23-35-31-14-8-10-20-41(31)55-47(35)37(25-29)43-33-16-12-18-39(49(4,5)6)45(33)53-27-51-43;/h7-20,22-23,26-27H,21H2,1-6H3;/q-2;+2. The topological polar surface area (TPSA) is 77.8 Å². The number of furan rings is 2. The van der Waals surface area contributed by atoms with E-state index in [1.54, 1.807) is 12.7 Å². The third kappa shape index (κ3) is 5.81. The Hall–Kier alpha value is -5.71. The molecule has 4 aromatic heterocycles. The molecule has 0 aliphatic carbocycles. The van der Waals surface area contributed by atoms with E-state index in [2.05, 4.69) is 126 Å². The first-order valence-corrected chi connectivity index (χ1v) is 18.7. The van der Waals surface area contributed by atoms with Crippen LogP contribution in [0.4, 0.5) is 0 Å². The number of hydrogen-bond donors (Lipinski definition) is 0. The van der Waals surface area contributed by atoms with Crippen LogP contribution in [0, 0.1) is 12.1 Å². The van der Waals surface area contributed by atoms with Gasteiger partial charge in [-0.05, 0) is 51.3 Å². The van der Waals surface area contributed by atoms with E-state index in [-0.39, 0.29) is 31.9 Å².